The van der Waals surface area contributed by atoms with E-state index in [0.717, 1.165) is 4.90 Å². The van der Waals surface area contributed by atoms with Crippen LogP contribution in [0, 0.1) is 0 Å². The third-order valence-electron chi connectivity index (χ3n) is 3.30. The zero-order valence-electron chi connectivity index (χ0n) is 13.4. The maximum Gasteiger partial charge on any atom is 0.469 e. The minimum Gasteiger partial charge on any atom is -0.508 e. The van der Waals surface area contributed by atoms with E-state index < -0.39 is 7.82 Å². The number of nitrogens with two attached hydrogens (primary N) is 1. The summed E-state index contributed by atoms with van der Waals surface area (Å²) in [5.41, 5.74) is 6.88. The second kappa shape index (κ2) is 7.60. The standard InChI is InChI=1S/C14H16N5O5PS/c15-14-17-12-11(13(18-14)26-10-4-2-9(20)3-5-10)16-8-19(12)6-1-7-24-25(21,22)23/h2-5,8,20H,1,6-7H2,(H2,15,17,18)(H2,21,22,23). The first kappa shape index (κ1) is 18.6. The maximum atomic E-state index is 10.7. The van der Waals surface area contributed by atoms with E-state index in [1.165, 1.54) is 11.8 Å². The molecule has 5 N–H and O–H groups in total. The van der Waals surface area contributed by atoms with Gasteiger partial charge in [-0.15, -0.1) is 0 Å². The largest absolute Gasteiger partial charge is 0.508 e. The maximum absolute atomic E-state index is 10.7. The van der Waals surface area contributed by atoms with E-state index in [9.17, 15) is 9.67 Å². The highest BCUT2D eigenvalue weighted by molar-refractivity contribution is 7.99. The molecular weight excluding hydrogens is 381 g/mol. The molecule has 10 nitrogen and oxygen atoms in total. The van der Waals surface area contributed by atoms with Gasteiger partial charge >= 0.3 is 7.82 Å². The molecule has 0 radical (unpaired) electrons. The van der Waals surface area contributed by atoms with Gasteiger partial charge in [-0.05, 0) is 30.7 Å². The zero-order valence-corrected chi connectivity index (χ0v) is 15.1. The molecule has 1 aromatic carbocycles. The second-order valence-electron chi connectivity index (χ2n) is 5.27. The number of phosphoric acid groups is 1. The van der Waals surface area contributed by atoms with E-state index in [2.05, 4.69) is 19.5 Å². The number of phenols is 1. The molecule has 3 aromatic rings. The summed E-state index contributed by atoms with van der Waals surface area (Å²) in [5, 5.41) is 9.94. The normalized spacial score (nSPS) is 11.9. The van der Waals surface area contributed by atoms with Crippen molar-refractivity contribution in [2.45, 2.75) is 22.9 Å². The van der Waals surface area contributed by atoms with Gasteiger partial charge in [0.25, 0.3) is 0 Å². The van der Waals surface area contributed by atoms with Gasteiger partial charge in [-0.25, -0.2) is 14.5 Å². The number of imidazole rings is 1. The summed E-state index contributed by atoms with van der Waals surface area (Å²) in [4.78, 5) is 31.0. The minimum atomic E-state index is -4.47. The van der Waals surface area contributed by atoms with Crippen LogP contribution in [0.2, 0.25) is 0 Å². The summed E-state index contributed by atoms with van der Waals surface area (Å²) >= 11 is 1.34. The van der Waals surface area contributed by atoms with Crippen molar-refractivity contribution in [2.75, 3.05) is 12.3 Å². The number of nitrogens with zero attached hydrogens (tertiary/aromatic N) is 4. The van der Waals surface area contributed by atoms with Crippen LogP contribution in [-0.4, -0.2) is 41.0 Å². The highest BCUT2D eigenvalue weighted by Crippen LogP contribution is 2.36. The van der Waals surface area contributed by atoms with Crippen LogP contribution in [0.3, 0.4) is 0 Å². The van der Waals surface area contributed by atoms with Gasteiger partial charge in [-0.1, -0.05) is 11.8 Å². The van der Waals surface area contributed by atoms with Gasteiger partial charge in [-0.3, -0.25) is 4.52 Å². The van der Waals surface area contributed by atoms with Gasteiger partial charge in [0.05, 0.1) is 12.9 Å². The van der Waals surface area contributed by atoms with Crippen LogP contribution in [-0.2, 0) is 15.6 Å². The Morgan fingerprint density at radius 3 is 2.65 bits per heavy atom. The number of aryl methyl sites for hydroxylation is 1. The number of phosphoric ester groups is 1. The van der Waals surface area contributed by atoms with Crippen molar-refractivity contribution in [3.8, 4) is 5.75 Å². The van der Waals surface area contributed by atoms with Gasteiger partial charge in [0.15, 0.2) is 5.65 Å². The molecule has 0 saturated heterocycles. The van der Waals surface area contributed by atoms with Crippen LogP contribution >= 0.6 is 19.6 Å². The number of nitrogen functional groups attached to an aromatic ring is 1. The number of hydrogen-bond donors (Lipinski definition) is 4. The Hall–Kier alpha value is -2.17. The molecule has 0 saturated carbocycles. The van der Waals surface area contributed by atoms with Crippen molar-refractivity contribution < 1.29 is 24.0 Å². The molecule has 0 aliphatic rings. The lowest BCUT2D eigenvalue weighted by Gasteiger charge is -2.07. The van der Waals surface area contributed by atoms with E-state index in [1.807, 2.05) is 0 Å². The highest BCUT2D eigenvalue weighted by atomic mass is 32.2. The molecule has 3 rings (SSSR count). The number of hydrogen-bond acceptors (Lipinski definition) is 8. The lowest BCUT2D eigenvalue weighted by Crippen LogP contribution is -2.04. The van der Waals surface area contributed by atoms with E-state index in [1.54, 1.807) is 35.2 Å². The van der Waals surface area contributed by atoms with Crippen LogP contribution in [0.4, 0.5) is 5.95 Å². The summed E-state index contributed by atoms with van der Waals surface area (Å²) in [5.74, 6) is 0.260. The topological polar surface area (TPSA) is 157 Å². The fourth-order valence-electron chi connectivity index (χ4n) is 2.21. The molecule has 0 unspecified atom stereocenters. The van der Waals surface area contributed by atoms with E-state index in [0.29, 0.717) is 29.2 Å². The quantitative estimate of drug-likeness (QED) is 0.263. The van der Waals surface area contributed by atoms with E-state index in [4.69, 9.17) is 15.5 Å². The van der Waals surface area contributed by atoms with Crippen molar-refractivity contribution in [2.24, 2.45) is 0 Å². The van der Waals surface area contributed by atoms with Gasteiger partial charge in [0.2, 0.25) is 5.95 Å². The van der Waals surface area contributed by atoms with Crippen LogP contribution < -0.4 is 5.73 Å². The first-order chi connectivity index (χ1) is 12.3. The lowest BCUT2D eigenvalue weighted by atomic mass is 10.3. The number of anilines is 1. The van der Waals surface area contributed by atoms with Crippen LogP contribution in [0.1, 0.15) is 6.42 Å². The molecular formula is C14H16N5O5PS. The van der Waals surface area contributed by atoms with Crippen LogP contribution in [0.15, 0.2) is 40.5 Å². The molecule has 0 aliphatic carbocycles. The molecule has 0 aliphatic heterocycles. The fourth-order valence-corrected chi connectivity index (χ4v) is 3.46. The van der Waals surface area contributed by atoms with E-state index >= 15 is 0 Å². The Bertz CT molecular complexity index is 958. The molecule has 26 heavy (non-hydrogen) atoms. The smallest absolute Gasteiger partial charge is 0.469 e. The molecule has 0 fully saturated rings. The Balaban J connectivity index is 1.79. The molecule has 0 amide bonds. The molecule has 138 valence electrons. The predicted octanol–water partition coefficient (Wildman–Crippen LogP) is 1.76. The molecule has 12 heteroatoms. The third-order valence-corrected chi connectivity index (χ3v) is 4.81. The summed E-state index contributed by atoms with van der Waals surface area (Å²) < 4.78 is 16.8. The number of phenolic OH excluding ortho intramolecular Hbond substituents is 1. The highest BCUT2D eigenvalue weighted by Gasteiger charge is 2.15. The molecule has 2 aromatic heterocycles. The van der Waals surface area contributed by atoms with Crippen molar-refractivity contribution >= 4 is 36.7 Å². The molecule has 0 spiro atoms. The summed E-state index contributed by atoms with van der Waals surface area (Å²) in [6.07, 6.45) is 1.93. The van der Waals surface area contributed by atoms with E-state index in [-0.39, 0.29) is 18.3 Å². The Kier molecular flexibility index (Phi) is 5.44. The van der Waals surface area contributed by atoms with Crippen molar-refractivity contribution in [1.29, 1.82) is 0 Å². The fraction of sp³-hybridized carbons (Fsp3) is 0.214. The van der Waals surface area contributed by atoms with Gasteiger partial charge in [0.1, 0.15) is 16.3 Å². The van der Waals surface area contributed by atoms with Crippen LogP contribution in [0.5, 0.6) is 5.75 Å². The average Bonchev–Trinajstić information content (AvgIpc) is 2.96. The molecule has 0 atom stereocenters. The number of aromatic hydroxyl groups is 1. The number of fused-ring (bicyclic) bond motifs is 1. The van der Waals surface area contributed by atoms with Gasteiger partial charge in [-0.2, -0.15) is 4.98 Å². The first-order valence-electron chi connectivity index (χ1n) is 7.47. The van der Waals surface area contributed by atoms with Gasteiger partial charge < -0.3 is 25.2 Å². The average molecular weight is 397 g/mol. The Labute approximate surface area is 152 Å². The molecule has 2 heterocycles. The summed E-state index contributed by atoms with van der Waals surface area (Å²) in [6.45, 7) is 0.301. The third kappa shape index (κ3) is 4.71. The SMILES string of the molecule is Nc1nc(Sc2ccc(O)cc2)c2ncn(CCCOP(=O)(O)O)c2n1. The van der Waals surface area contributed by atoms with Crippen molar-refractivity contribution in [1.82, 2.24) is 19.5 Å². The van der Waals surface area contributed by atoms with Crippen LogP contribution in [0.25, 0.3) is 11.2 Å². The molecule has 0 bridgehead atoms. The zero-order chi connectivity index (χ0) is 18.7. The van der Waals surface area contributed by atoms with Gasteiger partial charge in [0, 0.05) is 11.4 Å². The second-order valence-corrected chi connectivity index (χ2v) is 7.57. The number of benzene rings is 1. The monoisotopic (exact) mass is 397 g/mol. The first-order valence-corrected chi connectivity index (χ1v) is 9.82. The number of rotatable bonds is 7. The Morgan fingerprint density at radius 2 is 1.96 bits per heavy atom. The van der Waals surface area contributed by atoms with Crippen molar-refractivity contribution in [3.05, 3.63) is 30.6 Å². The van der Waals surface area contributed by atoms with Crippen molar-refractivity contribution in [3.63, 3.8) is 0 Å². The Morgan fingerprint density at radius 1 is 1.23 bits per heavy atom. The minimum absolute atomic E-state index is 0.0898. The summed E-state index contributed by atoms with van der Waals surface area (Å²) in [7, 11) is -4.47. The predicted molar refractivity (Wildman–Crippen MR) is 94.6 cm³/mol. The lowest BCUT2D eigenvalue weighted by molar-refractivity contribution is 0.192. The number of aromatic nitrogens is 4. The summed E-state index contributed by atoms with van der Waals surface area (Å²) in [6, 6.07) is 6.65.